The highest BCUT2D eigenvalue weighted by atomic mass is 127. The molecule has 0 aliphatic rings. The van der Waals surface area contributed by atoms with Crippen molar-refractivity contribution < 1.29 is 8.78 Å². The van der Waals surface area contributed by atoms with Gasteiger partial charge in [0.25, 0.3) is 0 Å². The van der Waals surface area contributed by atoms with E-state index < -0.39 is 9.85 Å². The molecule has 13 heavy (non-hydrogen) atoms. The number of halogens is 3. The van der Waals surface area contributed by atoms with Crippen LogP contribution >= 0.6 is 22.6 Å². The van der Waals surface area contributed by atoms with E-state index in [2.05, 4.69) is 11.8 Å². The van der Waals surface area contributed by atoms with Gasteiger partial charge in [-0.1, -0.05) is 31.3 Å². The summed E-state index contributed by atoms with van der Waals surface area (Å²) in [4.78, 5) is 0. The van der Waals surface area contributed by atoms with E-state index in [-0.39, 0.29) is 0 Å². The first kappa shape index (κ1) is 12.9. The Kier molecular flexibility index (Phi) is 6.31. The van der Waals surface area contributed by atoms with Gasteiger partial charge in [0.15, 0.2) is 0 Å². The standard InChI is InChI=1S/C10H13F2I/c1-3-5-6-8-9(7-4-2)10(11,12)13/h3,5,9H,4,7H2,1-2H3/b5-3-. The summed E-state index contributed by atoms with van der Waals surface area (Å²) in [5.41, 5.74) is 0. The SMILES string of the molecule is C/C=C\C#CC(CCC)C(F)(F)I. The number of hydrogen-bond donors (Lipinski definition) is 0. The molecule has 1 atom stereocenters. The number of alkyl halides is 3. The monoisotopic (exact) mass is 298 g/mol. The van der Waals surface area contributed by atoms with Gasteiger partial charge >= 0.3 is 3.93 Å². The Labute approximate surface area is 91.9 Å². The van der Waals surface area contributed by atoms with Crippen molar-refractivity contribution in [2.75, 3.05) is 0 Å². The van der Waals surface area contributed by atoms with Crippen molar-refractivity contribution in [1.82, 2.24) is 0 Å². The summed E-state index contributed by atoms with van der Waals surface area (Å²) in [6.45, 7) is 3.69. The molecule has 74 valence electrons. The molecule has 0 saturated carbocycles. The summed E-state index contributed by atoms with van der Waals surface area (Å²) in [7, 11) is 0. The summed E-state index contributed by atoms with van der Waals surface area (Å²) in [5, 5.41) is 0. The number of rotatable bonds is 3. The highest BCUT2D eigenvalue weighted by molar-refractivity contribution is 14.1. The summed E-state index contributed by atoms with van der Waals surface area (Å²) >= 11 is 1.15. The lowest BCUT2D eigenvalue weighted by Gasteiger charge is -2.15. The summed E-state index contributed by atoms with van der Waals surface area (Å²) in [5.74, 6) is 4.35. The fourth-order valence-electron chi connectivity index (χ4n) is 0.838. The minimum absolute atomic E-state index is 0.445. The molecule has 0 nitrogen and oxygen atoms in total. The zero-order chi connectivity index (χ0) is 10.3. The van der Waals surface area contributed by atoms with Crippen LogP contribution in [0.25, 0.3) is 0 Å². The van der Waals surface area contributed by atoms with Gasteiger partial charge in [-0.15, -0.1) is 0 Å². The third-order valence-corrected chi connectivity index (χ3v) is 2.23. The van der Waals surface area contributed by atoms with Crippen molar-refractivity contribution >= 4 is 22.6 Å². The van der Waals surface area contributed by atoms with Gasteiger partial charge in [0, 0.05) is 0 Å². The fourth-order valence-corrected chi connectivity index (χ4v) is 1.31. The molecule has 0 N–H and O–H groups in total. The van der Waals surface area contributed by atoms with Crippen LogP contribution in [-0.4, -0.2) is 3.93 Å². The average molecular weight is 298 g/mol. The molecule has 0 aliphatic heterocycles. The smallest absolute Gasteiger partial charge is 0.194 e. The molecule has 0 aromatic heterocycles. The molecule has 0 saturated heterocycles. The molecule has 0 aromatic rings. The van der Waals surface area contributed by atoms with Gasteiger partial charge in [-0.2, -0.15) is 8.78 Å². The molecule has 3 heteroatoms. The zero-order valence-corrected chi connectivity index (χ0v) is 9.94. The molecule has 0 fully saturated rings. The van der Waals surface area contributed by atoms with Crippen LogP contribution in [0.4, 0.5) is 8.78 Å². The highest BCUT2D eigenvalue weighted by Crippen LogP contribution is 2.34. The van der Waals surface area contributed by atoms with E-state index in [1.807, 2.05) is 13.8 Å². The maximum atomic E-state index is 12.9. The Morgan fingerprint density at radius 1 is 1.54 bits per heavy atom. The lowest BCUT2D eigenvalue weighted by Crippen LogP contribution is -2.18. The second kappa shape index (κ2) is 6.36. The van der Waals surface area contributed by atoms with Crippen molar-refractivity contribution in [2.45, 2.75) is 30.6 Å². The van der Waals surface area contributed by atoms with Gasteiger partial charge < -0.3 is 0 Å². The maximum absolute atomic E-state index is 12.9. The minimum Gasteiger partial charge on any atom is -0.194 e. The summed E-state index contributed by atoms with van der Waals surface area (Å²) < 4.78 is 23.0. The second-order valence-corrected chi connectivity index (χ2v) is 4.11. The van der Waals surface area contributed by atoms with Gasteiger partial charge in [-0.3, -0.25) is 0 Å². The van der Waals surface area contributed by atoms with Gasteiger partial charge in [0.1, 0.15) is 0 Å². The van der Waals surface area contributed by atoms with Crippen molar-refractivity contribution in [3.63, 3.8) is 0 Å². The molecule has 0 rings (SSSR count). The molecule has 0 heterocycles. The van der Waals surface area contributed by atoms with Gasteiger partial charge in [-0.25, -0.2) is 0 Å². The van der Waals surface area contributed by atoms with E-state index in [4.69, 9.17) is 0 Å². The first-order chi connectivity index (χ1) is 6.02. The van der Waals surface area contributed by atoms with Crippen LogP contribution in [0.15, 0.2) is 12.2 Å². The molecule has 0 bridgehead atoms. The lowest BCUT2D eigenvalue weighted by molar-refractivity contribution is 0.0796. The first-order valence-corrected chi connectivity index (χ1v) is 5.29. The highest BCUT2D eigenvalue weighted by Gasteiger charge is 2.33. The Morgan fingerprint density at radius 2 is 2.15 bits per heavy atom. The Hall–Kier alpha value is -0.110. The Bertz CT molecular complexity index is 217. The zero-order valence-electron chi connectivity index (χ0n) is 7.78. The van der Waals surface area contributed by atoms with Crippen LogP contribution in [0.5, 0.6) is 0 Å². The molecule has 0 spiro atoms. The third-order valence-electron chi connectivity index (χ3n) is 1.48. The topological polar surface area (TPSA) is 0 Å². The average Bonchev–Trinajstić information content (AvgIpc) is 2.01. The van der Waals surface area contributed by atoms with E-state index in [0.29, 0.717) is 6.42 Å². The molecule has 0 radical (unpaired) electrons. The number of hydrogen-bond acceptors (Lipinski definition) is 0. The number of allylic oxidation sites excluding steroid dienone is 2. The normalized spacial score (nSPS) is 13.9. The second-order valence-electron chi connectivity index (χ2n) is 2.67. The van der Waals surface area contributed by atoms with Crippen molar-refractivity contribution in [3.05, 3.63) is 12.2 Å². The van der Waals surface area contributed by atoms with Crippen LogP contribution in [-0.2, 0) is 0 Å². The largest absolute Gasteiger partial charge is 0.309 e. The van der Waals surface area contributed by atoms with Crippen LogP contribution in [0, 0.1) is 17.8 Å². The molecule has 0 amide bonds. The van der Waals surface area contributed by atoms with Crippen LogP contribution in [0.3, 0.4) is 0 Å². The van der Waals surface area contributed by atoms with Crippen LogP contribution in [0.1, 0.15) is 26.7 Å². The Balaban J connectivity index is 4.37. The molecule has 1 unspecified atom stereocenters. The van der Waals surface area contributed by atoms with Gasteiger partial charge in [-0.05, 0) is 42.0 Å². The maximum Gasteiger partial charge on any atom is 0.309 e. The fraction of sp³-hybridized carbons (Fsp3) is 0.600. The third kappa shape index (κ3) is 6.03. The molecule has 0 aromatic carbocycles. The van der Waals surface area contributed by atoms with Crippen LogP contribution in [0.2, 0.25) is 0 Å². The van der Waals surface area contributed by atoms with Crippen molar-refractivity contribution in [1.29, 1.82) is 0 Å². The molecular weight excluding hydrogens is 285 g/mol. The quantitative estimate of drug-likeness (QED) is 0.419. The lowest BCUT2D eigenvalue weighted by atomic mass is 10.1. The Morgan fingerprint density at radius 3 is 2.54 bits per heavy atom. The van der Waals surface area contributed by atoms with Crippen molar-refractivity contribution in [2.24, 2.45) is 5.92 Å². The van der Waals surface area contributed by atoms with E-state index in [9.17, 15) is 8.78 Å². The van der Waals surface area contributed by atoms with E-state index in [1.165, 1.54) is 0 Å². The molecular formula is C10H13F2I. The van der Waals surface area contributed by atoms with E-state index >= 15 is 0 Å². The molecule has 0 aliphatic carbocycles. The van der Waals surface area contributed by atoms with Crippen molar-refractivity contribution in [3.8, 4) is 11.8 Å². The predicted octanol–water partition coefficient (Wildman–Crippen LogP) is 4.01. The van der Waals surface area contributed by atoms with E-state index in [1.54, 1.807) is 12.2 Å². The summed E-state index contributed by atoms with van der Waals surface area (Å²) in [6, 6.07) is 0. The predicted molar refractivity (Wildman–Crippen MR) is 60.0 cm³/mol. The van der Waals surface area contributed by atoms with E-state index in [0.717, 1.165) is 29.0 Å². The minimum atomic E-state index is -2.72. The van der Waals surface area contributed by atoms with Gasteiger partial charge in [0.05, 0.1) is 5.92 Å². The first-order valence-electron chi connectivity index (χ1n) is 4.21. The summed E-state index contributed by atoms with van der Waals surface area (Å²) in [6.07, 6.45) is 4.50. The van der Waals surface area contributed by atoms with Crippen LogP contribution < -0.4 is 0 Å². The van der Waals surface area contributed by atoms with Gasteiger partial charge in [0.2, 0.25) is 0 Å².